The van der Waals surface area contributed by atoms with Gasteiger partial charge in [0.1, 0.15) is 5.54 Å². The molecule has 1 saturated carbocycles. The van der Waals surface area contributed by atoms with Crippen molar-refractivity contribution in [3.63, 3.8) is 0 Å². The lowest BCUT2D eigenvalue weighted by atomic mass is 9.74. The molecule has 27 heavy (non-hydrogen) atoms. The highest BCUT2D eigenvalue weighted by molar-refractivity contribution is 6.02. The Kier molecular flexibility index (Phi) is 4.00. The van der Waals surface area contributed by atoms with Crippen molar-refractivity contribution in [3.05, 3.63) is 70.8 Å². The predicted octanol–water partition coefficient (Wildman–Crippen LogP) is 3.22. The van der Waals surface area contributed by atoms with Crippen LogP contribution in [0.25, 0.3) is 0 Å². The molecular formula is C22H22N4O. The Bertz CT molecular complexity index is 951. The van der Waals surface area contributed by atoms with Crippen LogP contribution >= 0.6 is 0 Å². The van der Waals surface area contributed by atoms with Gasteiger partial charge in [0.15, 0.2) is 5.96 Å². The maximum Gasteiger partial charge on any atom is 0.239 e. The van der Waals surface area contributed by atoms with Gasteiger partial charge in [-0.05, 0) is 54.5 Å². The van der Waals surface area contributed by atoms with Gasteiger partial charge < -0.3 is 5.73 Å². The van der Waals surface area contributed by atoms with E-state index in [2.05, 4.69) is 18.2 Å². The molecule has 2 aromatic carbocycles. The number of likely N-dealkylation sites (N-methyl/N-ethyl adjacent to an activating group) is 1. The molecule has 1 heterocycles. The molecule has 2 aromatic rings. The smallest absolute Gasteiger partial charge is 0.239 e. The van der Waals surface area contributed by atoms with Crippen LogP contribution in [-0.4, -0.2) is 23.8 Å². The lowest BCUT2D eigenvalue weighted by Crippen LogP contribution is -2.52. The van der Waals surface area contributed by atoms with E-state index in [4.69, 9.17) is 16.0 Å². The first-order chi connectivity index (χ1) is 12.9. The van der Waals surface area contributed by atoms with Gasteiger partial charge in [0.2, 0.25) is 5.91 Å². The minimum atomic E-state index is -0.831. The summed E-state index contributed by atoms with van der Waals surface area (Å²) < 4.78 is 0. The van der Waals surface area contributed by atoms with E-state index in [1.165, 1.54) is 23.3 Å². The zero-order valence-electron chi connectivity index (χ0n) is 15.5. The summed E-state index contributed by atoms with van der Waals surface area (Å²) in [7, 11) is 1.66. The van der Waals surface area contributed by atoms with E-state index in [1.54, 1.807) is 19.2 Å². The molecule has 1 aliphatic carbocycles. The highest BCUT2D eigenvalue weighted by Crippen LogP contribution is 2.45. The van der Waals surface area contributed by atoms with Crippen LogP contribution in [-0.2, 0) is 10.3 Å². The molecule has 5 nitrogen and oxygen atoms in total. The molecule has 0 radical (unpaired) electrons. The van der Waals surface area contributed by atoms with Crippen LogP contribution in [0.15, 0.2) is 53.5 Å². The Morgan fingerprint density at radius 1 is 1.11 bits per heavy atom. The van der Waals surface area contributed by atoms with Gasteiger partial charge in [0, 0.05) is 7.05 Å². The first-order valence-corrected chi connectivity index (χ1v) is 9.17. The normalized spacial score (nSPS) is 25.1. The van der Waals surface area contributed by atoms with Crippen LogP contribution < -0.4 is 5.73 Å². The summed E-state index contributed by atoms with van der Waals surface area (Å²) in [4.78, 5) is 19.3. The molecule has 5 heteroatoms. The monoisotopic (exact) mass is 358 g/mol. The molecule has 1 fully saturated rings. The minimum absolute atomic E-state index is 0.0754. The van der Waals surface area contributed by atoms with Crippen LogP contribution in [0.3, 0.4) is 0 Å². The third kappa shape index (κ3) is 2.87. The second-order valence-corrected chi connectivity index (χ2v) is 7.58. The van der Waals surface area contributed by atoms with Gasteiger partial charge in [-0.25, -0.2) is 4.99 Å². The summed E-state index contributed by atoms with van der Waals surface area (Å²) in [5, 5.41) is 9.07. The average molecular weight is 358 g/mol. The van der Waals surface area contributed by atoms with Crippen molar-refractivity contribution < 1.29 is 4.79 Å². The Labute approximate surface area is 159 Å². The van der Waals surface area contributed by atoms with Crippen molar-refractivity contribution in [3.8, 4) is 6.07 Å². The van der Waals surface area contributed by atoms with Crippen molar-refractivity contribution in [2.45, 2.75) is 37.1 Å². The fourth-order valence-corrected chi connectivity index (χ4v) is 3.88. The van der Waals surface area contributed by atoms with Crippen molar-refractivity contribution in [2.24, 2.45) is 10.7 Å². The number of benzene rings is 2. The molecule has 1 aliphatic heterocycles. The third-order valence-corrected chi connectivity index (χ3v) is 5.75. The van der Waals surface area contributed by atoms with E-state index >= 15 is 0 Å². The topological polar surface area (TPSA) is 82.5 Å². The summed E-state index contributed by atoms with van der Waals surface area (Å²) in [6, 6.07) is 17.7. The van der Waals surface area contributed by atoms with Crippen LogP contribution in [0.1, 0.15) is 53.9 Å². The number of nitrogens with zero attached hydrogens (tertiary/aromatic N) is 3. The number of hydrogen-bond donors (Lipinski definition) is 1. The number of hydrogen-bond acceptors (Lipinski definition) is 4. The Balaban J connectivity index is 1.81. The van der Waals surface area contributed by atoms with Crippen molar-refractivity contribution in [2.75, 3.05) is 7.05 Å². The predicted molar refractivity (Wildman–Crippen MR) is 104 cm³/mol. The third-order valence-electron chi connectivity index (χ3n) is 5.75. The molecule has 2 N–H and O–H groups in total. The van der Waals surface area contributed by atoms with Crippen molar-refractivity contribution >= 4 is 11.9 Å². The zero-order valence-corrected chi connectivity index (χ0v) is 15.5. The number of carbonyl (C=O) groups is 1. The average Bonchev–Trinajstić information content (AvgIpc) is 3.52. The van der Waals surface area contributed by atoms with Crippen molar-refractivity contribution in [1.29, 1.82) is 5.26 Å². The SMILES string of the molecule is CN1C(=O)C(c2ccc(C3CC3)cc2)[C@@](C)(c2ccc(C#N)cc2)N=C1N. The van der Waals surface area contributed by atoms with Crippen LogP contribution in [0.4, 0.5) is 0 Å². The molecule has 0 saturated heterocycles. The number of rotatable bonds is 3. The van der Waals surface area contributed by atoms with Crippen LogP contribution in [0.2, 0.25) is 0 Å². The number of aliphatic imine (C=N–C) groups is 1. The Hall–Kier alpha value is -3.13. The first-order valence-electron chi connectivity index (χ1n) is 9.17. The second kappa shape index (κ2) is 6.24. The van der Waals surface area contributed by atoms with E-state index < -0.39 is 11.5 Å². The van der Waals surface area contributed by atoms with Gasteiger partial charge in [-0.15, -0.1) is 0 Å². The number of guanidine groups is 1. The maximum atomic E-state index is 13.2. The fourth-order valence-electron chi connectivity index (χ4n) is 3.88. The Morgan fingerprint density at radius 2 is 1.70 bits per heavy atom. The molecule has 136 valence electrons. The molecule has 0 aromatic heterocycles. The van der Waals surface area contributed by atoms with E-state index in [0.29, 0.717) is 11.5 Å². The zero-order chi connectivity index (χ0) is 19.2. The standard InChI is InChI=1S/C22H22N4O/c1-22(18-11-3-14(13-23)4-12-18)19(20(27)26(2)21(24)25-22)17-9-7-16(8-10-17)15-5-6-15/h3-4,7-12,15,19H,5-6H2,1-2H3,(H2,24,25)/t19?,22-/m1/s1. The maximum absolute atomic E-state index is 13.2. The van der Waals surface area contributed by atoms with Gasteiger partial charge in [-0.1, -0.05) is 36.4 Å². The summed E-state index contributed by atoms with van der Waals surface area (Å²) >= 11 is 0. The number of carbonyl (C=O) groups excluding carboxylic acids is 1. The fraction of sp³-hybridized carbons (Fsp3) is 0.318. The van der Waals surface area contributed by atoms with Crippen molar-refractivity contribution in [1.82, 2.24) is 4.90 Å². The van der Waals surface area contributed by atoms with Crippen LogP contribution in [0, 0.1) is 11.3 Å². The Morgan fingerprint density at radius 3 is 2.26 bits per heavy atom. The number of amides is 1. The summed E-state index contributed by atoms with van der Waals surface area (Å²) in [5.41, 5.74) is 8.92. The lowest BCUT2D eigenvalue weighted by molar-refractivity contribution is -0.130. The highest BCUT2D eigenvalue weighted by Gasteiger charge is 2.47. The van der Waals surface area contributed by atoms with Crippen LogP contribution in [0.5, 0.6) is 0 Å². The van der Waals surface area contributed by atoms with Gasteiger partial charge in [-0.2, -0.15) is 5.26 Å². The lowest BCUT2D eigenvalue weighted by Gasteiger charge is -2.41. The number of nitriles is 1. The van der Waals surface area contributed by atoms with E-state index in [-0.39, 0.29) is 11.9 Å². The molecule has 2 aliphatic rings. The number of nitrogens with two attached hydrogens (primary N) is 1. The first kappa shape index (κ1) is 17.3. The van der Waals surface area contributed by atoms with E-state index in [9.17, 15) is 4.79 Å². The second-order valence-electron chi connectivity index (χ2n) is 7.58. The van der Waals surface area contributed by atoms with Gasteiger partial charge in [0.05, 0.1) is 17.6 Å². The molecule has 0 spiro atoms. The van der Waals surface area contributed by atoms with Gasteiger partial charge in [-0.3, -0.25) is 9.69 Å². The van der Waals surface area contributed by atoms with Gasteiger partial charge >= 0.3 is 0 Å². The summed E-state index contributed by atoms with van der Waals surface area (Å²) in [6.45, 7) is 1.94. The summed E-state index contributed by atoms with van der Waals surface area (Å²) in [5.74, 6) is 0.324. The quantitative estimate of drug-likeness (QED) is 0.914. The van der Waals surface area contributed by atoms with E-state index in [1.807, 2.05) is 31.2 Å². The largest absolute Gasteiger partial charge is 0.369 e. The summed E-state index contributed by atoms with van der Waals surface area (Å²) in [6.07, 6.45) is 2.49. The minimum Gasteiger partial charge on any atom is -0.369 e. The van der Waals surface area contributed by atoms with Gasteiger partial charge in [0.25, 0.3) is 0 Å². The highest BCUT2D eigenvalue weighted by atomic mass is 16.2. The molecule has 0 bridgehead atoms. The molecule has 4 rings (SSSR count). The van der Waals surface area contributed by atoms with E-state index in [0.717, 1.165) is 11.1 Å². The molecule has 1 amide bonds. The molecule has 2 atom stereocenters. The molecular weight excluding hydrogens is 336 g/mol. The molecule has 1 unspecified atom stereocenters.